The van der Waals surface area contributed by atoms with E-state index in [1.165, 1.54) is 6.54 Å². The molecule has 2 nitrogen and oxygen atoms in total. The molecule has 0 aliphatic carbocycles. The van der Waals surface area contributed by atoms with Crippen molar-refractivity contribution >= 4 is 0 Å². The summed E-state index contributed by atoms with van der Waals surface area (Å²) in [6.07, 6.45) is 1.12. The molecule has 0 fully saturated rings. The van der Waals surface area contributed by atoms with Crippen molar-refractivity contribution in [3.05, 3.63) is 0 Å². The number of rotatable bonds is 6. The molecule has 0 saturated carbocycles. The average Bonchev–Trinajstić information content (AvgIpc) is 1.99. The van der Waals surface area contributed by atoms with Crippen molar-refractivity contribution in [3.63, 3.8) is 0 Å². The van der Waals surface area contributed by atoms with Crippen molar-refractivity contribution < 1.29 is 21.6 Å². The molecule has 0 N–H and O–H groups in total. The van der Waals surface area contributed by atoms with E-state index in [9.17, 15) is 0 Å². The molecule has 0 atom stereocenters. The summed E-state index contributed by atoms with van der Waals surface area (Å²) < 4.78 is 6.46. The molecule has 3 heteroatoms. The fourth-order valence-corrected chi connectivity index (χ4v) is 0.716. The Bertz CT molecular complexity index is 96.5. The van der Waals surface area contributed by atoms with Crippen molar-refractivity contribution in [2.75, 3.05) is 40.4 Å². The number of likely N-dealkylation sites (N-methyl/N-ethyl adjacent to an activating group) is 1. The third-order valence-corrected chi connectivity index (χ3v) is 2.05. The highest BCUT2D eigenvalue weighted by Gasteiger charge is 2.09. The maximum atomic E-state index is 5.40. The highest BCUT2D eigenvalue weighted by atomic mass is 35.5. The van der Waals surface area contributed by atoms with E-state index in [4.69, 9.17) is 4.74 Å². The standard InChI is InChI=1S/C9H22NO.ClH/c1-5-8-11-9-7-10(3,4)6-2;/h5-9H2,1-4H3;1H/q+1;/p-1. The van der Waals surface area contributed by atoms with Gasteiger partial charge in [-0.05, 0) is 13.3 Å². The van der Waals surface area contributed by atoms with Crippen LogP contribution in [0.15, 0.2) is 0 Å². The fourth-order valence-electron chi connectivity index (χ4n) is 0.716. The Morgan fingerprint density at radius 3 is 2.08 bits per heavy atom. The minimum Gasteiger partial charge on any atom is -1.00 e. The summed E-state index contributed by atoms with van der Waals surface area (Å²) in [6, 6.07) is 0. The van der Waals surface area contributed by atoms with E-state index >= 15 is 0 Å². The van der Waals surface area contributed by atoms with E-state index in [0.717, 1.165) is 30.7 Å². The molecule has 0 bridgehead atoms. The van der Waals surface area contributed by atoms with Gasteiger partial charge in [0.25, 0.3) is 0 Å². The molecule has 0 aromatic rings. The molecule has 0 aromatic heterocycles. The van der Waals surface area contributed by atoms with Crippen LogP contribution in [0.25, 0.3) is 0 Å². The molecular weight excluding hydrogens is 174 g/mol. The summed E-state index contributed by atoms with van der Waals surface area (Å²) in [5.41, 5.74) is 0. The van der Waals surface area contributed by atoms with Crippen LogP contribution in [-0.4, -0.2) is 44.9 Å². The van der Waals surface area contributed by atoms with Gasteiger partial charge in [0, 0.05) is 6.61 Å². The average molecular weight is 196 g/mol. The highest BCUT2D eigenvalue weighted by Crippen LogP contribution is 1.94. The summed E-state index contributed by atoms with van der Waals surface area (Å²) >= 11 is 0. The maximum Gasteiger partial charge on any atom is 0.102 e. The number of quaternary nitrogens is 1. The van der Waals surface area contributed by atoms with Crippen LogP contribution in [0.2, 0.25) is 0 Å². The minimum absolute atomic E-state index is 0. The second-order valence-electron chi connectivity index (χ2n) is 3.59. The number of hydrogen-bond acceptors (Lipinski definition) is 1. The van der Waals surface area contributed by atoms with Crippen LogP contribution >= 0.6 is 0 Å². The number of nitrogens with zero attached hydrogens (tertiary/aromatic N) is 1. The zero-order chi connectivity index (χ0) is 8.74. The molecule has 76 valence electrons. The predicted octanol–water partition coefficient (Wildman–Crippen LogP) is -1.49. The molecule has 0 aliphatic rings. The molecule has 0 saturated heterocycles. The van der Waals surface area contributed by atoms with E-state index in [1.807, 2.05) is 0 Å². The molecule has 0 unspecified atom stereocenters. The smallest absolute Gasteiger partial charge is 0.102 e. The molecule has 0 rings (SSSR count). The lowest BCUT2D eigenvalue weighted by Crippen LogP contribution is -3.00. The quantitative estimate of drug-likeness (QED) is 0.371. The number of halogens is 1. The Hall–Kier alpha value is 0.210. The van der Waals surface area contributed by atoms with E-state index in [2.05, 4.69) is 27.9 Å². The van der Waals surface area contributed by atoms with E-state index in [-0.39, 0.29) is 12.4 Å². The summed E-state index contributed by atoms with van der Waals surface area (Å²) in [5.74, 6) is 0. The summed E-state index contributed by atoms with van der Waals surface area (Å²) in [5, 5.41) is 0. The van der Waals surface area contributed by atoms with Gasteiger partial charge in [0.15, 0.2) is 0 Å². The Kier molecular flexibility index (Phi) is 9.61. The van der Waals surface area contributed by atoms with E-state index in [0.29, 0.717) is 0 Å². The fraction of sp³-hybridized carbons (Fsp3) is 1.00. The molecule has 0 spiro atoms. The third-order valence-electron chi connectivity index (χ3n) is 2.05. The zero-order valence-corrected chi connectivity index (χ0v) is 9.52. The second kappa shape index (κ2) is 7.84. The van der Waals surface area contributed by atoms with Crippen LogP contribution in [-0.2, 0) is 4.74 Å². The van der Waals surface area contributed by atoms with Gasteiger partial charge in [0.1, 0.15) is 6.54 Å². The largest absolute Gasteiger partial charge is 1.00 e. The Labute approximate surface area is 82.9 Å². The first-order chi connectivity index (χ1) is 5.12. The van der Waals surface area contributed by atoms with Crippen LogP contribution in [0.5, 0.6) is 0 Å². The van der Waals surface area contributed by atoms with Crippen LogP contribution in [0.3, 0.4) is 0 Å². The lowest BCUT2D eigenvalue weighted by molar-refractivity contribution is -0.888. The Morgan fingerprint density at radius 1 is 1.08 bits per heavy atom. The van der Waals surface area contributed by atoms with Gasteiger partial charge in [-0.1, -0.05) is 6.92 Å². The van der Waals surface area contributed by atoms with Crippen LogP contribution < -0.4 is 12.4 Å². The first kappa shape index (κ1) is 14.7. The van der Waals surface area contributed by atoms with Gasteiger partial charge in [-0.15, -0.1) is 0 Å². The summed E-state index contributed by atoms with van der Waals surface area (Å²) in [4.78, 5) is 0. The van der Waals surface area contributed by atoms with Crippen molar-refractivity contribution in [1.29, 1.82) is 0 Å². The molecular formula is C9H22ClNO. The van der Waals surface area contributed by atoms with Gasteiger partial charge >= 0.3 is 0 Å². The topological polar surface area (TPSA) is 9.23 Å². The molecule has 12 heavy (non-hydrogen) atoms. The van der Waals surface area contributed by atoms with Gasteiger partial charge in [-0.25, -0.2) is 0 Å². The number of hydrogen-bond donors (Lipinski definition) is 0. The Morgan fingerprint density at radius 2 is 1.67 bits per heavy atom. The SMILES string of the molecule is CCCOCC[N+](C)(C)CC.[Cl-]. The van der Waals surface area contributed by atoms with Gasteiger partial charge < -0.3 is 21.6 Å². The molecule has 0 heterocycles. The first-order valence-electron chi connectivity index (χ1n) is 4.52. The van der Waals surface area contributed by atoms with Crippen LogP contribution in [0.1, 0.15) is 20.3 Å². The van der Waals surface area contributed by atoms with E-state index < -0.39 is 0 Å². The zero-order valence-electron chi connectivity index (χ0n) is 8.77. The highest BCUT2D eigenvalue weighted by molar-refractivity contribution is 4.31. The van der Waals surface area contributed by atoms with E-state index in [1.54, 1.807) is 0 Å². The van der Waals surface area contributed by atoms with Gasteiger partial charge in [-0.2, -0.15) is 0 Å². The minimum atomic E-state index is 0. The monoisotopic (exact) mass is 195 g/mol. The van der Waals surface area contributed by atoms with Crippen molar-refractivity contribution in [1.82, 2.24) is 0 Å². The van der Waals surface area contributed by atoms with Crippen LogP contribution in [0.4, 0.5) is 0 Å². The normalized spacial score (nSPS) is 11.0. The maximum absolute atomic E-state index is 5.40. The van der Waals surface area contributed by atoms with Gasteiger partial charge in [0.2, 0.25) is 0 Å². The summed E-state index contributed by atoms with van der Waals surface area (Å²) in [7, 11) is 4.46. The van der Waals surface area contributed by atoms with Crippen LogP contribution in [0, 0.1) is 0 Å². The van der Waals surface area contributed by atoms with Crippen molar-refractivity contribution in [2.45, 2.75) is 20.3 Å². The molecule has 0 aliphatic heterocycles. The lowest BCUT2D eigenvalue weighted by atomic mass is 10.4. The Balaban J connectivity index is 0. The summed E-state index contributed by atoms with van der Waals surface area (Å²) in [6.45, 7) is 8.45. The predicted molar refractivity (Wildman–Crippen MR) is 48.6 cm³/mol. The van der Waals surface area contributed by atoms with Gasteiger partial charge in [0.05, 0.1) is 27.2 Å². The molecule has 0 radical (unpaired) electrons. The van der Waals surface area contributed by atoms with Crippen molar-refractivity contribution in [2.24, 2.45) is 0 Å². The lowest BCUT2D eigenvalue weighted by Gasteiger charge is -2.27. The van der Waals surface area contributed by atoms with Crippen molar-refractivity contribution in [3.8, 4) is 0 Å². The third kappa shape index (κ3) is 8.31. The number of ether oxygens (including phenoxy) is 1. The second-order valence-corrected chi connectivity index (χ2v) is 3.59. The molecule has 0 amide bonds. The first-order valence-corrected chi connectivity index (χ1v) is 4.52. The van der Waals surface area contributed by atoms with Gasteiger partial charge in [-0.3, -0.25) is 0 Å². The molecule has 0 aromatic carbocycles.